The van der Waals surface area contributed by atoms with Crippen molar-refractivity contribution in [2.24, 2.45) is 0 Å². The summed E-state index contributed by atoms with van der Waals surface area (Å²) in [4.78, 5) is 2.16. The van der Waals surface area contributed by atoms with Gasteiger partial charge in [0.1, 0.15) is 12.4 Å². The lowest BCUT2D eigenvalue weighted by Gasteiger charge is -2.11. The number of hydrogen-bond donors (Lipinski definition) is 1. The van der Waals surface area contributed by atoms with Gasteiger partial charge < -0.3 is 15.0 Å². The predicted molar refractivity (Wildman–Crippen MR) is 71.1 cm³/mol. The van der Waals surface area contributed by atoms with Gasteiger partial charge in [-0.3, -0.25) is 0 Å². The molecule has 1 rings (SSSR count). The van der Waals surface area contributed by atoms with Crippen molar-refractivity contribution in [3.05, 3.63) is 28.7 Å². The van der Waals surface area contributed by atoms with Gasteiger partial charge in [0.25, 0.3) is 0 Å². The molecule has 0 aliphatic carbocycles. The van der Waals surface area contributed by atoms with E-state index in [2.05, 4.69) is 40.2 Å². The van der Waals surface area contributed by atoms with E-state index < -0.39 is 0 Å². The van der Waals surface area contributed by atoms with Gasteiger partial charge in [0.05, 0.1) is 0 Å². The molecule has 0 bridgehead atoms. The van der Waals surface area contributed by atoms with Gasteiger partial charge in [-0.1, -0.05) is 15.9 Å². The first-order chi connectivity index (χ1) is 7.68. The zero-order valence-corrected chi connectivity index (χ0v) is 11.5. The molecule has 0 atom stereocenters. The van der Waals surface area contributed by atoms with Gasteiger partial charge in [-0.2, -0.15) is 0 Å². The van der Waals surface area contributed by atoms with Gasteiger partial charge in [0.2, 0.25) is 0 Å². The minimum Gasteiger partial charge on any atom is -0.492 e. The molecule has 1 N–H and O–H groups in total. The highest BCUT2D eigenvalue weighted by Gasteiger charge is 1.94. The molecule has 0 spiro atoms. The van der Waals surface area contributed by atoms with Crippen molar-refractivity contribution in [1.82, 2.24) is 10.2 Å². The maximum absolute atomic E-state index is 5.57. The molecule has 0 fully saturated rings. The molecule has 0 aliphatic heterocycles. The van der Waals surface area contributed by atoms with Crippen LogP contribution in [0, 0.1) is 0 Å². The number of halogens is 1. The van der Waals surface area contributed by atoms with E-state index in [9.17, 15) is 0 Å². The average Bonchev–Trinajstić information content (AvgIpc) is 2.25. The highest BCUT2D eigenvalue weighted by molar-refractivity contribution is 9.10. The number of ether oxygens (including phenoxy) is 1. The lowest BCUT2D eigenvalue weighted by atomic mass is 10.3. The van der Waals surface area contributed by atoms with Crippen LogP contribution in [-0.4, -0.2) is 45.2 Å². The molecule has 1 aromatic carbocycles. The highest BCUT2D eigenvalue weighted by atomic mass is 79.9. The van der Waals surface area contributed by atoms with E-state index in [1.807, 2.05) is 24.3 Å². The Labute approximate surface area is 106 Å². The van der Waals surface area contributed by atoms with Crippen LogP contribution in [0.4, 0.5) is 0 Å². The fourth-order valence-electron chi connectivity index (χ4n) is 1.20. The van der Waals surface area contributed by atoms with Gasteiger partial charge >= 0.3 is 0 Å². The van der Waals surface area contributed by atoms with E-state index in [1.165, 1.54) is 0 Å². The van der Waals surface area contributed by atoms with E-state index >= 15 is 0 Å². The Balaban J connectivity index is 2.05. The average molecular weight is 287 g/mol. The summed E-state index contributed by atoms with van der Waals surface area (Å²) >= 11 is 3.39. The monoisotopic (exact) mass is 286 g/mol. The van der Waals surface area contributed by atoms with Crippen molar-refractivity contribution in [3.8, 4) is 5.75 Å². The number of hydrogen-bond acceptors (Lipinski definition) is 3. The molecule has 0 aliphatic rings. The van der Waals surface area contributed by atoms with E-state index in [0.29, 0.717) is 6.61 Å². The molecule has 0 aromatic heterocycles. The van der Waals surface area contributed by atoms with E-state index in [4.69, 9.17) is 4.74 Å². The summed E-state index contributed by atoms with van der Waals surface area (Å²) < 4.78 is 6.64. The van der Waals surface area contributed by atoms with Gasteiger partial charge in [0, 0.05) is 24.1 Å². The Morgan fingerprint density at radius 3 is 2.50 bits per heavy atom. The second-order valence-corrected chi connectivity index (χ2v) is 4.77. The Kier molecular flexibility index (Phi) is 6.45. The van der Waals surface area contributed by atoms with Crippen LogP contribution in [0.15, 0.2) is 28.7 Å². The van der Waals surface area contributed by atoms with Crippen LogP contribution in [0.2, 0.25) is 0 Å². The van der Waals surface area contributed by atoms with Crippen molar-refractivity contribution in [1.29, 1.82) is 0 Å². The molecule has 0 saturated heterocycles. The summed E-state index contributed by atoms with van der Waals surface area (Å²) in [5, 5.41) is 3.32. The first-order valence-corrected chi connectivity index (χ1v) is 6.21. The molecule has 3 nitrogen and oxygen atoms in total. The molecule has 16 heavy (non-hydrogen) atoms. The standard InChI is InChI=1S/C12H19BrN2O/c1-15(2)9-7-14-8-10-16-12-5-3-11(13)4-6-12/h3-6,14H,7-10H2,1-2H3. The molecule has 0 unspecified atom stereocenters. The largest absolute Gasteiger partial charge is 0.492 e. The lowest BCUT2D eigenvalue weighted by Crippen LogP contribution is -2.29. The molecule has 4 heteroatoms. The van der Waals surface area contributed by atoms with Crippen molar-refractivity contribution in [3.63, 3.8) is 0 Å². The highest BCUT2D eigenvalue weighted by Crippen LogP contribution is 2.15. The topological polar surface area (TPSA) is 24.5 Å². The second-order valence-electron chi connectivity index (χ2n) is 3.86. The summed E-state index contributed by atoms with van der Waals surface area (Å²) in [6.07, 6.45) is 0. The molecule has 0 amide bonds. The fourth-order valence-corrected chi connectivity index (χ4v) is 1.46. The SMILES string of the molecule is CN(C)CCNCCOc1ccc(Br)cc1. The minimum absolute atomic E-state index is 0.703. The molecule has 0 heterocycles. The van der Waals surface area contributed by atoms with E-state index in [0.717, 1.165) is 29.9 Å². The molecular weight excluding hydrogens is 268 g/mol. The Bertz CT molecular complexity index is 288. The summed E-state index contributed by atoms with van der Waals surface area (Å²) in [7, 11) is 4.14. The smallest absolute Gasteiger partial charge is 0.119 e. The third kappa shape index (κ3) is 6.10. The predicted octanol–water partition coefficient (Wildman–Crippen LogP) is 1.98. The third-order valence-corrected chi connectivity index (χ3v) is 2.63. The summed E-state index contributed by atoms with van der Waals surface area (Å²) in [6.45, 7) is 3.63. The number of likely N-dealkylation sites (N-methyl/N-ethyl adjacent to an activating group) is 1. The summed E-state index contributed by atoms with van der Waals surface area (Å²) in [5.41, 5.74) is 0. The normalized spacial score (nSPS) is 10.8. The van der Waals surface area contributed by atoms with Gasteiger partial charge in [-0.25, -0.2) is 0 Å². The van der Waals surface area contributed by atoms with Crippen LogP contribution in [-0.2, 0) is 0 Å². The Morgan fingerprint density at radius 2 is 1.88 bits per heavy atom. The van der Waals surface area contributed by atoms with Crippen LogP contribution in [0.5, 0.6) is 5.75 Å². The zero-order valence-electron chi connectivity index (χ0n) is 9.87. The first kappa shape index (κ1) is 13.5. The number of benzene rings is 1. The van der Waals surface area contributed by atoms with Crippen molar-refractivity contribution in [2.75, 3.05) is 40.3 Å². The van der Waals surface area contributed by atoms with Gasteiger partial charge in [-0.15, -0.1) is 0 Å². The quantitative estimate of drug-likeness (QED) is 0.776. The number of nitrogens with zero attached hydrogens (tertiary/aromatic N) is 1. The molecule has 0 radical (unpaired) electrons. The third-order valence-electron chi connectivity index (χ3n) is 2.10. The number of nitrogens with one attached hydrogen (secondary N) is 1. The fraction of sp³-hybridized carbons (Fsp3) is 0.500. The van der Waals surface area contributed by atoms with Crippen LogP contribution in [0.25, 0.3) is 0 Å². The van der Waals surface area contributed by atoms with E-state index in [1.54, 1.807) is 0 Å². The van der Waals surface area contributed by atoms with E-state index in [-0.39, 0.29) is 0 Å². The molecular formula is C12H19BrN2O. The Hall–Kier alpha value is -0.580. The van der Waals surface area contributed by atoms with Crippen LogP contribution >= 0.6 is 15.9 Å². The maximum atomic E-state index is 5.57. The van der Waals surface area contributed by atoms with Crippen LogP contribution in [0.1, 0.15) is 0 Å². The summed E-state index contributed by atoms with van der Waals surface area (Å²) in [6, 6.07) is 7.89. The Morgan fingerprint density at radius 1 is 1.19 bits per heavy atom. The molecule has 1 aromatic rings. The van der Waals surface area contributed by atoms with Gasteiger partial charge in [0.15, 0.2) is 0 Å². The van der Waals surface area contributed by atoms with Crippen molar-refractivity contribution >= 4 is 15.9 Å². The van der Waals surface area contributed by atoms with Crippen LogP contribution < -0.4 is 10.1 Å². The summed E-state index contributed by atoms with van der Waals surface area (Å²) in [5.74, 6) is 0.914. The second kappa shape index (κ2) is 7.65. The zero-order chi connectivity index (χ0) is 11.8. The lowest BCUT2D eigenvalue weighted by molar-refractivity contribution is 0.308. The van der Waals surface area contributed by atoms with Crippen LogP contribution in [0.3, 0.4) is 0 Å². The van der Waals surface area contributed by atoms with Crippen molar-refractivity contribution < 1.29 is 4.74 Å². The number of rotatable bonds is 7. The first-order valence-electron chi connectivity index (χ1n) is 5.42. The molecule has 90 valence electrons. The maximum Gasteiger partial charge on any atom is 0.119 e. The minimum atomic E-state index is 0.703. The molecule has 0 saturated carbocycles. The van der Waals surface area contributed by atoms with Gasteiger partial charge in [-0.05, 0) is 38.4 Å². The van der Waals surface area contributed by atoms with Crippen molar-refractivity contribution in [2.45, 2.75) is 0 Å².